The Morgan fingerprint density at radius 2 is 1.90 bits per heavy atom. The van der Waals surface area contributed by atoms with E-state index in [0.29, 0.717) is 10.9 Å². The standard InChI is InChI=1S/C21H18F4N2O3/c1-10-9-20(30,21(23,24)25)19(12-5-7-13(22)18(29)17(10)12)27-15-4-2-3-14-11(15)6-8-16(28)26-14/h2-8,10,19,27,29-30H,9H2,1H3,(H,26,28)/t10-,19-,20+/m0/s1. The molecule has 0 aliphatic heterocycles. The predicted molar refractivity (Wildman–Crippen MR) is 103 cm³/mol. The SMILES string of the molecule is C[C@H]1C[C@](O)(C(F)(F)F)[C@@H](Nc2cccc3[nH]c(=O)ccc23)c2ccc(F)c(O)c21. The Labute approximate surface area is 168 Å². The topological polar surface area (TPSA) is 85.4 Å². The van der Waals surface area contributed by atoms with Crippen LogP contribution in [0.3, 0.4) is 0 Å². The fraction of sp³-hybridized carbons (Fsp3) is 0.286. The highest BCUT2D eigenvalue weighted by Gasteiger charge is 2.62. The number of benzene rings is 2. The van der Waals surface area contributed by atoms with Crippen molar-refractivity contribution in [2.45, 2.75) is 37.1 Å². The van der Waals surface area contributed by atoms with Crippen LogP contribution in [0.25, 0.3) is 10.9 Å². The molecule has 1 aliphatic rings. The summed E-state index contributed by atoms with van der Waals surface area (Å²) in [7, 11) is 0. The number of pyridine rings is 1. The van der Waals surface area contributed by atoms with Gasteiger partial charge < -0.3 is 20.5 Å². The zero-order valence-corrected chi connectivity index (χ0v) is 15.7. The molecule has 0 fully saturated rings. The maximum absolute atomic E-state index is 14.0. The van der Waals surface area contributed by atoms with Crippen molar-refractivity contribution in [3.63, 3.8) is 0 Å². The van der Waals surface area contributed by atoms with E-state index in [4.69, 9.17) is 0 Å². The Balaban J connectivity index is 1.93. The maximum Gasteiger partial charge on any atom is 0.419 e. The number of hydrogen-bond acceptors (Lipinski definition) is 4. The summed E-state index contributed by atoms with van der Waals surface area (Å²) < 4.78 is 56.0. The summed E-state index contributed by atoms with van der Waals surface area (Å²) in [6, 6.07) is 7.64. The number of alkyl halides is 3. The summed E-state index contributed by atoms with van der Waals surface area (Å²) in [5, 5.41) is 24.1. The zero-order chi connectivity index (χ0) is 21.8. The second-order valence-electron chi connectivity index (χ2n) is 7.59. The monoisotopic (exact) mass is 422 g/mol. The quantitative estimate of drug-likeness (QED) is 0.463. The third kappa shape index (κ3) is 3.00. The first-order valence-electron chi connectivity index (χ1n) is 9.22. The highest BCUT2D eigenvalue weighted by atomic mass is 19.4. The van der Waals surface area contributed by atoms with Crippen molar-refractivity contribution in [3.05, 3.63) is 69.8 Å². The smallest absolute Gasteiger partial charge is 0.419 e. The van der Waals surface area contributed by atoms with Gasteiger partial charge in [0.1, 0.15) is 0 Å². The Morgan fingerprint density at radius 3 is 2.60 bits per heavy atom. The summed E-state index contributed by atoms with van der Waals surface area (Å²) in [6.07, 6.45) is -5.76. The van der Waals surface area contributed by atoms with E-state index in [9.17, 15) is 32.6 Å². The molecule has 0 saturated carbocycles. The molecular weight excluding hydrogens is 404 g/mol. The molecule has 0 saturated heterocycles. The second kappa shape index (κ2) is 6.73. The number of H-pyrrole nitrogens is 1. The van der Waals surface area contributed by atoms with E-state index in [-0.39, 0.29) is 22.4 Å². The summed E-state index contributed by atoms with van der Waals surface area (Å²) in [5.74, 6) is -2.61. The van der Waals surface area contributed by atoms with Gasteiger partial charge in [0.2, 0.25) is 5.56 Å². The fourth-order valence-corrected chi connectivity index (χ4v) is 4.26. The summed E-state index contributed by atoms with van der Waals surface area (Å²) >= 11 is 0. The average molecular weight is 422 g/mol. The number of phenolic OH excluding ortho intramolecular Hbond substituents is 1. The van der Waals surface area contributed by atoms with Crippen LogP contribution >= 0.6 is 0 Å². The summed E-state index contributed by atoms with van der Waals surface area (Å²) in [6.45, 7) is 1.40. The number of phenols is 1. The number of halogens is 4. The second-order valence-corrected chi connectivity index (χ2v) is 7.59. The molecule has 0 spiro atoms. The molecule has 9 heteroatoms. The molecule has 0 amide bonds. The largest absolute Gasteiger partial charge is 0.505 e. The summed E-state index contributed by atoms with van der Waals surface area (Å²) in [5.41, 5.74) is -2.93. The minimum Gasteiger partial charge on any atom is -0.505 e. The Morgan fingerprint density at radius 1 is 1.17 bits per heavy atom. The van der Waals surface area contributed by atoms with Crippen molar-refractivity contribution in [1.82, 2.24) is 4.98 Å². The number of aromatic nitrogens is 1. The van der Waals surface area contributed by atoms with E-state index in [1.807, 2.05) is 0 Å². The molecule has 1 aliphatic carbocycles. The molecule has 30 heavy (non-hydrogen) atoms. The van der Waals surface area contributed by atoms with Gasteiger partial charge in [-0.05, 0) is 42.2 Å². The first-order chi connectivity index (χ1) is 14.0. The van der Waals surface area contributed by atoms with Gasteiger partial charge in [-0.25, -0.2) is 4.39 Å². The number of rotatable bonds is 2. The van der Waals surface area contributed by atoms with E-state index in [1.165, 1.54) is 25.1 Å². The molecule has 1 aromatic heterocycles. The Hall–Kier alpha value is -3.07. The third-order valence-corrected chi connectivity index (χ3v) is 5.66. The van der Waals surface area contributed by atoms with E-state index in [1.54, 1.807) is 12.1 Å². The molecule has 3 atom stereocenters. The third-order valence-electron chi connectivity index (χ3n) is 5.66. The molecule has 3 aromatic rings. The van der Waals surface area contributed by atoms with Crippen LogP contribution in [-0.4, -0.2) is 27.0 Å². The fourth-order valence-electron chi connectivity index (χ4n) is 4.26. The molecule has 5 nitrogen and oxygen atoms in total. The van der Waals surface area contributed by atoms with Crippen molar-refractivity contribution in [1.29, 1.82) is 0 Å². The lowest BCUT2D eigenvalue weighted by molar-refractivity contribution is -0.272. The first kappa shape index (κ1) is 20.2. The van der Waals surface area contributed by atoms with Gasteiger partial charge in [0.25, 0.3) is 0 Å². The molecule has 0 unspecified atom stereocenters. The van der Waals surface area contributed by atoms with Crippen LogP contribution in [0.5, 0.6) is 5.75 Å². The molecule has 4 rings (SSSR count). The van der Waals surface area contributed by atoms with Crippen molar-refractivity contribution in [2.75, 3.05) is 5.32 Å². The van der Waals surface area contributed by atoms with Gasteiger partial charge in [-0.15, -0.1) is 0 Å². The van der Waals surface area contributed by atoms with Gasteiger partial charge in [-0.1, -0.05) is 19.1 Å². The van der Waals surface area contributed by atoms with Crippen LogP contribution in [0.1, 0.15) is 36.4 Å². The number of anilines is 1. The highest BCUT2D eigenvalue weighted by Crippen LogP contribution is 2.54. The number of nitrogens with one attached hydrogen (secondary N) is 2. The van der Waals surface area contributed by atoms with Crippen LogP contribution in [0.2, 0.25) is 0 Å². The number of aliphatic hydroxyl groups is 1. The van der Waals surface area contributed by atoms with Crippen LogP contribution in [0.15, 0.2) is 47.3 Å². The Bertz CT molecular complexity index is 1190. The lowest BCUT2D eigenvalue weighted by Gasteiger charge is -2.45. The van der Waals surface area contributed by atoms with Gasteiger partial charge in [0.15, 0.2) is 17.2 Å². The average Bonchev–Trinajstić information content (AvgIpc) is 2.66. The van der Waals surface area contributed by atoms with E-state index < -0.39 is 41.7 Å². The van der Waals surface area contributed by atoms with Crippen molar-refractivity contribution >= 4 is 16.6 Å². The van der Waals surface area contributed by atoms with Crippen molar-refractivity contribution in [3.8, 4) is 5.75 Å². The van der Waals surface area contributed by atoms with Gasteiger partial charge in [0, 0.05) is 22.7 Å². The van der Waals surface area contributed by atoms with Gasteiger partial charge in [0.05, 0.1) is 11.6 Å². The van der Waals surface area contributed by atoms with E-state index in [0.717, 1.165) is 12.1 Å². The first-order valence-corrected chi connectivity index (χ1v) is 9.22. The molecule has 2 aromatic carbocycles. The van der Waals surface area contributed by atoms with Crippen molar-refractivity contribution < 1.29 is 27.8 Å². The normalized spacial score (nSPS) is 23.9. The molecule has 4 N–H and O–H groups in total. The van der Waals surface area contributed by atoms with Gasteiger partial charge >= 0.3 is 6.18 Å². The van der Waals surface area contributed by atoms with Gasteiger partial charge in [-0.2, -0.15) is 13.2 Å². The minimum atomic E-state index is -5.00. The molecular formula is C21H18F4N2O3. The van der Waals surface area contributed by atoms with E-state index in [2.05, 4.69) is 10.3 Å². The lowest BCUT2D eigenvalue weighted by Crippen LogP contribution is -2.55. The van der Waals surface area contributed by atoms with Gasteiger partial charge in [-0.3, -0.25) is 4.79 Å². The highest BCUT2D eigenvalue weighted by molar-refractivity contribution is 5.91. The van der Waals surface area contributed by atoms with Crippen molar-refractivity contribution in [2.24, 2.45) is 0 Å². The number of hydrogen-bond donors (Lipinski definition) is 4. The molecule has 0 radical (unpaired) electrons. The predicted octanol–water partition coefficient (Wildman–Crippen LogP) is 4.33. The number of aromatic amines is 1. The zero-order valence-electron chi connectivity index (χ0n) is 15.7. The number of fused-ring (bicyclic) bond motifs is 2. The Kier molecular flexibility index (Phi) is 4.54. The van der Waals surface area contributed by atoms with Crippen LogP contribution in [0, 0.1) is 5.82 Å². The molecule has 1 heterocycles. The minimum absolute atomic E-state index is 0.0232. The van der Waals surface area contributed by atoms with Crippen LogP contribution in [0.4, 0.5) is 23.2 Å². The van der Waals surface area contributed by atoms with Crippen LogP contribution in [-0.2, 0) is 0 Å². The summed E-state index contributed by atoms with van der Waals surface area (Å²) in [4.78, 5) is 14.2. The molecule has 158 valence electrons. The maximum atomic E-state index is 14.0. The van der Waals surface area contributed by atoms with E-state index >= 15 is 0 Å². The van der Waals surface area contributed by atoms with Crippen LogP contribution < -0.4 is 10.9 Å². The lowest BCUT2D eigenvalue weighted by atomic mass is 9.70. The molecule has 0 bridgehead atoms. The number of aromatic hydroxyl groups is 1.